The average molecular weight is 377 g/mol. The molecule has 1 spiro atoms. The number of hydrogen-bond acceptors (Lipinski definition) is 5. The van der Waals surface area contributed by atoms with Crippen LogP contribution in [0.4, 0.5) is 0 Å². The zero-order chi connectivity index (χ0) is 19.3. The minimum Gasteiger partial charge on any atom is -0.493 e. The number of amides is 1. The summed E-state index contributed by atoms with van der Waals surface area (Å²) in [5.74, 6) is 0.315. The Bertz CT molecular complexity index is 1100. The number of para-hydroxylation sites is 1. The maximum atomic E-state index is 13.2. The van der Waals surface area contributed by atoms with Crippen LogP contribution in [-0.2, 0) is 10.3 Å². The lowest BCUT2D eigenvalue weighted by molar-refractivity contribution is -0.0446. The van der Waals surface area contributed by atoms with Crippen molar-refractivity contribution in [2.45, 2.75) is 18.4 Å². The third-order valence-electron chi connectivity index (χ3n) is 5.61. The summed E-state index contributed by atoms with van der Waals surface area (Å²) >= 11 is 0. The van der Waals surface area contributed by atoms with Gasteiger partial charge in [0, 0.05) is 17.5 Å². The fraction of sp³-hybridized carbons (Fsp3) is 0.273. The van der Waals surface area contributed by atoms with Gasteiger partial charge in [-0.15, -0.1) is 0 Å². The Morgan fingerprint density at radius 1 is 1.18 bits per heavy atom. The Hall–Kier alpha value is -3.28. The Labute approximate surface area is 161 Å². The Kier molecular flexibility index (Phi) is 3.69. The second-order valence-corrected chi connectivity index (χ2v) is 7.25. The Morgan fingerprint density at radius 3 is 2.89 bits per heavy atom. The van der Waals surface area contributed by atoms with Crippen LogP contribution in [0, 0.1) is 0 Å². The highest BCUT2D eigenvalue weighted by molar-refractivity contribution is 5.98. The van der Waals surface area contributed by atoms with E-state index in [2.05, 4.69) is 0 Å². The van der Waals surface area contributed by atoms with Crippen LogP contribution in [-0.4, -0.2) is 37.0 Å². The van der Waals surface area contributed by atoms with Gasteiger partial charge in [-0.1, -0.05) is 30.3 Å². The van der Waals surface area contributed by atoms with Crippen molar-refractivity contribution in [3.05, 3.63) is 65.4 Å². The number of methoxy groups -OCH3 is 1. The van der Waals surface area contributed by atoms with Gasteiger partial charge < -0.3 is 18.8 Å². The molecule has 3 aromatic rings. The molecule has 0 unspecified atom stereocenters. The molecule has 2 aliphatic rings. The molecular weight excluding hydrogens is 358 g/mol. The van der Waals surface area contributed by atoms with E-state index in [1.54, 1.807) is 30.2 Å². The van der Waals surface area contributed by atoms with Crippen molar-refractivity contribution in [3.8, 4) is 5.75 Å². The zero-order valence-electron chi connectivity index (χ0n) is 15.4. The summed E-state index contributed by atoms with van der Waals surface area (Å²) < 4.78 is 16.9. The lowest BCUT2D eigenvalue weighted by Crippen LogP contribution is -2.48. The molecule has 28 heavy (non-hydrogen) atoms. The maximum Gasteiger partial charge on any atom is 0.339 e. The van der Waals surface area contributed by atoms with E-state index in [1.807, 2.05) is 30.3 Å². The molecule has 142 valence electrons. The SMILES string of the molecule is COc1cccc2cc(C(=O)N3CCC[C@@]4(C3)OC(=O)c3ccccc34)oc12. The first-order valence-electron chi connectivity index (χ1n) is 9.30. The number of hydrogen-bond donors (Lipinski definition) is 0. The van der Waals surface area contributed by atoms with Gasteiger partial charge in [-0.2, -0.15) is 0 Å². The van der Waals surface area contributed by atoms with Crippen LogP contribution in [0.1, 0.15) is 39.3 Å². The van der Waals surface area contributed by atoms with Crippen LogP contribution >= 0.6 is 0 Å². The quantitative estimate of drug-likeness (QED) is 0.637. The first kappa shape index (κ1) is 16.9. The molecule has 0 aliphatic carbocycles. The van der Waals surface area contributed by atoms with E-state index in [9.17, 15) is 9.59 Å². The third kappa shape index (κ3) is 2.41. The molecule has 2 aliphatic heterocycles. The first-order valence-corrected chi connectivity index (χ1v) is 9.30. The summed E-state index contributed by atoms with van der Waals surface area (Å²) in [6.07, 6.45) is 1.45. The number of esters is 1. The van der Waals surface area contributed by atoms with E-state index in [0.29, 0.717) is 36.4 Å². The van der Waals surface area contributed by atoms with Gasteiger partial charge in [0.15, 0.2) is 22.7 Å². The molecule has 1 saturated heterocycles. The lowest BCUT2D eigenvalue weighted by Gasteiger charge is -2.39. The van der Waals surface area contributed by atoms with Gasteiger partial charge in [0.25, 0.3) is 5.91 Å². The van der Waals surface area contributed by atoms with Crippen LogP contribution < -0.4 is 4.74 Å². The number of carbonyl (C=O) groups is 2. The van der Waals surface area contributed by atoms with Crippen molar-refractivity contribution < 1.29 is 23.5 Å². The van der Waals surface area contributed by atoms with Crippen LogP contribution in [0.2, 0.25) is 0 Å². The Balaban J connectivity index is 1.48. The van der Waals surface area contributed by atoms with Crippen LogP contribution in [0.25, 0.3) is 11.0 Å². The fourth-order valence-electron chi connectivity index (χ4n) is 4.30. The van der Waals surface area contributed by atoms with Crippen molar-refractivity contribution in [2.75, 3.05) is 20.2 Å². The highest BCUT2D eigenvalue weighted by Crippen LogP contribution is 2.43. The second kappa shape index (κ2) is 6.12. The van der Waals surface area contributed by atoms with Gasteiger partial charge in [0.1, 0.15) is 0 Å². The van der Waals surface area contributed by atoms with Crippen LogP contribution in [0.3, 0.4) is 0 Å². The van der Waals surface area contributed by atoms with Crippen molar-refractivity contribution in [3.63, 3.8) is 0 Å². The van der Waals surface area contributed by atoms with Crippen molar-refractivity contribution in [2.24, 2.45) is 0 Å². The van der Waals surface area contributed by atoms with E-state index >= 15 is 0 Å². The summed E-state index contributed by atoms with van der Waals surface area (Å²) in [4.78, 5) is 27.2. The number of nitrogens with zero attached hydrogens (tertiary/aromatic N) is 1. The number of piperidine rings is 1. The molecule has 0 N–H and O–H groups in total. The highest BCUT2D eigenvalue weighted by Gasteiger charge is 2.49. The minimum atomic E-state index is -0.773. The molecule has 5 rings (SSSR count). The molecule has 6 heteroatoms. The molecule has 1 atom stereocenters. The third-order valence-corrected chi connectivity index (χ3v) is 5.61. The normalized spacial score (nSPS) is 21.0. The summed E-state index contributed by atoms with van der Waals surface area (Å²) in [6.45, 7) is 0.914. The number of furan rings is 1. The standard InChI is InChI=1S/C22H19NO5/c1-26-17-9-4-6-14-12-18(27-19(14)17)20(24)23-11-5-10-22(13-23)16-8-3-2-7-15(16)21(25)28-22/h2-4,6-9,12H,5,10-11,13H2,1H3/t22-/m0/s1. The van der Waals surface area contributed by atoms with E-state index in [1.165, 1.54) is 0 Å². The number of ether oxygens (including phenoxy) is 2. The molecule has 3 heterocycles. The molecule has 6 nitrogen and oxygen atoms in total. The summed E-state index contributed by atoms with van der Waals surface area (Å²) in [5, 5.41) is 0.812. The minimum absolute atomic E-state index is 0.210. The summed E-state index contributed by atoms with van der Waals surface area (Å²) in [5.41, 5.74) is 1.23. The molecule has 0 radical (unpaired) electrons. The van der Waals surface area contributed by atoms with Gasteiger partial charge in [-0.25, -0.2) is 4.79 Å². The van der Waals surface area contributed by atoms with Gasteiger partial charge >= 0.3 is 5.97 Å². The highest BCUT2D eigenvalue weighted by atomic mass is 16.6. The predicted octanol–water partition coefficient (Wildman–Crippen LogP) is 3.74. The number of rotatable bonds is 2. The van der Waals surface area contributed by atoms with Gasteiger partial charge in [-0.3, -0.25) is 4.79 Å². The van der Waals surface area contributed by atoms with E-state index in [0.717, 1.165) is 17.4 Å². The monoisotopic (exact) mass is 377 g/mol. The molecule has 1 aromatic heterocycles. The van der Waals surface area contributed by atoms with E-state index in [4.69, 9.17) is 13.9 Å². The molecule has 0 saturated carbocycles. The number of fused-ring (bicyclic) bond motifs is 3. The van der Waals surface area contributed by atoms with Crippen LogP contribution in [0.5, 0.6) is 5.75 Å². The molecule has 1 fully saturated rings. The number of benzene rings is 2. The van der Waals surface area contributed by atoms with Gasteiger partial charge in [-0.05, 0) is 31.0 Å². The second-order valence-electron chi connectivity index (χ2n) is 7.25. The van der Waals surface area contributed by atoms with Crippen molar-refractivity contribution in [1.82, 2.24) is 4.90 Å². The maximum absolute atomic E-state index is 13.2. The van der Waals surface area contributed by atoms with Crippen LogP contribution in [0.15, 0.2) is 52.9 Å². The van der Waals surface area contributed by atoms with Crippen molar-refractivity contribution >= 4 is 22.8 Å². The Morgan fingerprint density at radius 2 is 2.04 bits per heavy atom. The zero-order valence-corrected chi connectivity index (χ0v) is 15.4. The lowest BCUT2D eigenvalue weighted by atomic mass is 9.85. The topological polar surface area (TPSA) is 69.0 Å². The van der Waals surface area contributed by atoms with Crippen molar-refractivity contribution in [1.29, 1.82) is 0 Å². The molecule has 1 amide bonds. The fourth-order valence-corrected chi connectivity index (χ4v) is 4.30. The first-order chi connectivity index (χ1) is 13.6. The molecule has 2 aromatic carbocycles. The molecule has 0 bridgehead atoms. The molecular formula is C22H19NO5. The number of carbonyl (C=O) groups excluding carboxylic acids is 2. The average Bonchev–Trinajstić information content (AvgIpc) is 3.27. The van der Waals surface area contributed by atoms with Gasteiger partial charge in [0.2, 0.25) is 0 Å². The van der Waals surface area contributed by atoms with E-state index in [-0.39, 0.29) is 17.6 Å². The van der Waals surface area contributed by atoms with E-state index < -0.39 is 5.60 Å². The largest absolute Gasteiger partial charge is 0.493 e. The summed E-state index contributed by atoms with van der Waals surface area (Å²) in [7, 11) is 1.57. The smallest absolute Gasteiger partial charge is 0.339 e. The summed E-state index contributed by atoms with van der Waals surface area (Å²) in [6, 6.07) is 14.7. The van der Waals surface area contributed by atoms with Gasteiger partial charge in [0.05, 0.1) is 19.2 Å². The number of likely N-dealkylation sites (tertiary alicyclic amines) is 1. The predicted molar refractivity (Wildman–Crippen MR) is 101 cm³/mol.